The van der Waals surface area contributed by atoms with E-state index in [-0.39, 0.29) is 10.9 Å². The number of alkyl carbamates (subject to hydrolysis) is 1. The van der Waals surface area contributed by atoms with E-state index in [1.165, 1.54) is 0 Å². The molecule has 0 saturated carbocycles. The Balaban J connectivity index is 1.86. The van der Waals surface area contributed by atoms with Crippen molar-refractivity contribution in [2.75, 3.05) is 11.4 Å². The summed E-state index contributed by atoms with van der Waals surface area (Å²) in [5.41, 5.74) is 0.225. The van der Waals surface area contributed by atoms with Gasteiger partial charge in [-0.3, -0.25) is 4.79 Å². The highest BCUT2D eigenvalue weighted by molar-refractivity contribution is 6.74. The van der Waals surface area contributed by atoms with Crippen LogP contribution in [0.25, 0.3) is 10.8 Å². The number of rotatable bonds is 4. The van der Waals surface area contributed by atoms with Crippen molar-refractivity contribution in [3.63, 3.8) is 0 Å². The van der Waals surface area contributed by atoms with Gasteiger partial charge in [-0.2, -0.15) is 0 Å². The summed E-state index contributed by atoms with van der Waals surface area (Å²) in [7, 11) is -1.99. The van der Waals surface area contributed by atoms with Gasteiger partial charge in [0.25, 0.3) is 0 Å². The van der Waals surface area contributed by atoms with Crippen molar-refractivity contribution < 1.29 is 18.8 Å². The Morgan fingerprint density at radius 3 is 2.41 bits per heavy atom. The average molecular weight is 457 g/mol. The Bertz CT molecular complexity index is 1020. The minimum Gasteiger partial charge on any atom is -0.543 e. The van der Waals surface area contributed by atoms with Gasteiger partial charge in [-0.15, -0.1) is 0 Å². The number of ether oxygens (including phenoxy) is 1. The molecule has 0 bridgehead atoms. The number of amides is 2. The quantitative estimate of drug-likeness (QED) is 0.586. The molecular weight excluding hydrogens is 420 g/mol. The minimum absolute atomic E-state index is 0.0902. The van der Waals surface area contributed by atoms with Gasteiger partial charge in [0.2, 0.25) is 14.2 Å². The lowest BCUT2D eigenvalue weighted by Crippen LogP contribution is -2.44. The fraction of sp³-hybridized carbons (Fsp3) is 0.520. The first-order valence-electron chi connectivity index (χ1n) is 11.2. The minimum atomic E-state index is -1.99. The zero-order valence-electron chi connectivity index (χ0n) is 20.5. The number of carbonyl (C=O) groups is 2. The molecule has 0 spiro atoms. The number of hydrogen-bond donors (Lipinski definition) is 1. The van der Waals surface area contributed by atoms with E-state index in [2.05, 4.69) is 39.2 Å². The summed E-state index contributed by atoms with van der Waals surface area (Å²) in [6.45, 7) is 17.0. The molecule has 0 aliphatic carbocycles. The lowest BCUT2D eigenvalue weighted by molar-refractivity contribution is -0.118. The highest BCUT2D eigenvalue weighted by Gasteiger charge is 2.39. The van der Waals surface area contributed by atoms with Crippen LogP contribution in [0.15, 0.2) is 36.4 Å². The van der Waals surface area contributed by atoms with Gasteiger partial charge in [0.05, 0.1) is 5.69 Å². The van der Waals surface area contributed by atoms with E-state index in [1.54, 1.807) is 25.7 Å². The topological polar surface area (TPSA) is 67.9 Å². The van der Waals surface area contributed by atoms with Crippen molar-refractivity contribution in [2.45, 2.75) is 77.7 Å². The predicted molar refractivity (Wildman–Crippen MR) is 132 cm³/mol. The first kappa shape index (κ1) is 24.1. The number of nitrogens with zero attached hydrogens (tertiary/aromatic N) is 1. The Hall–Kier alpha value is -2.54. The summed E-state index contributed by atoms with van der Waals surface area (Å²) in [5.74, 6) is 0.700. The molecule has 2 aromatic carbocycles. The summed E-state index contributed by atoms with van der Waals surface area (Å²) in [4.78, 5) is 27.0. The van der Waals surface area contributed by atoms with Crippen molar-refractivity contribution in [2.24, 2.45) is 0 Å². The molecule has 3 rings (SSSR count). The molecule has 1 aliphatic heterocycles. The molecule has 1 atom stereocenters. The second-order valence-corrected chi connectivity index (χ2v) is 15.7. The van der Waals surface area contributed by atoms with Gasteiger partial charge in [0, 0.05) is 11.9 Å². The van der Waals surface area contributed by atoms with Crippen molar-refractivity contribution in [1.82, 2.24) is 5.32 Å². The molecule has 0 radical (unpaired) electrons. The molecule has 1 N–H and O–H groups in total. The number of fused-ring (bicyclic) bond motifs is 1. The molecular formula is C25H36N2O4Si. The molecule has 2 aromatic rings. The summed E-state index contributed by atoms with van der Waals surface area (Å²) in [5, 5.41) is 4.82. The number of carbonyl (C=O) groups excluding carboxylic acids is 2. The van der Waals surface area contributed by atoms with Crippen LogP contribution in [0, 0.1) is 0 Å². The van der Waals surface area contributed by atoms with Crippen LogP contribution in [0.2, 0.25) is 18.1 Å². The van der Waals surface area contributed by atoms with Gasteiger partial charge in [0.15, 0.2) is 0 Å². The van der Waals surface area contributed by atoms with Gasteiger partial charge in [0.1, 0.15) is 17.4 Å². The maximum absolute atomic E-state index is 13.1. The second-order valence-electron chi connectivity index (χ2n) is 11.0. The molecule has 6 nitrogen and oxygen atoms in total. The van der Waals surface area contributed by atoms with E-state index in [9.17, 15) is 9.59 Å². The maximum Gasteiger partial charge on any atom is 0.408 e. The zero-order valence-corrected chi connectivity index (χ0v) is 21.5. The Morgan fingerprint density at radius 2 is 1.78 bits per heavy atom. The van der Waals surface area contributed by atoms with Gasteiger partial charge in [-0.25, -0.2) is 4.79 Å². The van der Waals surface area contributed by atoms with Crippen LogP contribution in [-0.2, 0) is 9.53 Å². The summed E-state index contributed by atoms with van der Waals surface area (Å²) >= 11 is 0. The molecule has 1 saturated heterocycles. The third kappa shape index (κ3) is 5.26. The van der Waals surface area contributed by atoms with Crippen LogP contribution in [0.4, 0.5) is 10.5 Å². The van der Waals surface area contributed by atoms with E-state index in [0.29, 0.717) is 13.0 Å². The van der Waals surface area contributed by atoms with E-state index >= 15 is 0 Å². The smallest absolute Gasteiger partial charge is 0.408 e. The van der Waals surface area contributed by atoms with E-state index in [1.807, 2.05) is 36.4 Å². The molecule has 32 heavy (non-hydrogen) atoms. The zero-order chi connectivity index (χ0) is 23.9. The second kappa shape index (κ2) is 8.43. The van der Waals surface area contributed by atoms with Crippen molar-refractivity contribution >= 4 is 36.8 Å². The fourth-order valence-corrected chi connectivity index (χ4v) is 4.51. The first-order chi connectivity index (χ1) is 14.7. The lowest BCUT2D eigenvalue weighted by atomic mass is 10.1. The molecule has 0 aromatic heterocycles. The first-order valence-corrected chi connectivity index (χ1v) is 14.1. The number of benzene rings is 2. The molecule has 2 amide bonds. The molecule has 1 aliphatic rings. The van der Waals surface area contributed by atoms with Crippen LogP contribution in [0.5, 0.6) is 5.75 Å². The third-order valence-electron chi connectivity index (χ3n) is 6.20. The summed E-state index contributed by atoms with van der Waals surface area (Å²) in [6, 6.07) is 11.4. The van der Waals surface area contributed by atoms with Crippen LogP contribution < -0.4 is 14.6 Å². The Kier molecular flexibility index (Phi) is 6.35. The number of nitrogens with one attached hydrogen (secondary N) is 1. The monoisotopic (exact) mass is 456 g/mol. The standard InChI is InChI=1S/C25H36N2O4Si/c1-24(2,3)30-23(29)26-20-14-15-27(22(20)28)21-11-9-10-17-12-13-18(16-19(17)21)31-32(7,8)25(4,5)6/h9-13,16,20H,14-15H2,1-8H3,(H,26,29). The predicted octanol–water partition coefficient (Wildman–Crippen LogP) is 5.85. The van der Waals surface area contributed by atoms with Crippen LogP contribution in [-0.4, -0.2) is 38.5 Å². The maximum atomic E-state index is 13.1. The Labute approximate surface area is 192 Å². The SMILES string of the molecule is CC(C)(C)OC(=O)NC1CCN(c2cccc3ccc(O[Si](C)(C)C(C)(C)C)cc23)C1=O. The van der Waals surface area contributed by atoms with Gasteiger partial charge in [-0.05, 0) is 68.9 Å². The molecule has 1 fully saturated rings. The molecule has 7 heteroatoms. The van der Waals surface area contributed by atoms with Crippen LogP contribution in [0.1, 0.15) is 48.0 Å². The van der Waals surface area contributed by atoms with E-state index in [4.69, 9.17) is 9.16 Å². The van der Waals surface area contributed by atoms with Crippen molar-refractivity contribution in [3.8, 4) is 5.75 Å². The normalized spacial score (nSPS) is 17.6. The van der Waals surface area contributed by atoms with Gasteiger partial charge < -0.3 is 19.4 Å². The molecule has 1 heterocycles. The van der Waals surface area contributed by atoms with Crippen LogP contribution >= 0.6 is 0 Å². The van der Waals surface area contributed by atoms with Crippen molar-refractivity contribution in [1.29, 1.82) is 0 Å². The highest BCUT2D eigenvalue weighted by Crippen LogP contribution is 2.39. The van der Waals surface area contributed by atoms with Gasteiger partial charge in [-0.1, -0.05) is 39.0 Å². The van der Waals surface area contributed by atoms with E-state index in [0.717, 1.165) is 22.2 Å². The average Bonchev–Trinajstić information content (AvgIpc) is 2.98. The van der Waals surface area contributed by atoms with Crippen molar-refractivity contribution in [3.05, 3.63) is 36.4 Å². The summed E-state index contributed by atoms with van der Waals surface area (Å²) < 4.78 is 11.8. The third-order valence-corrected chi connectivity index (χ3v) is 10.6. The Morgan fingerprint density at radius 1 is 1.09 bits per heavy atom. The lowest BCUT2D eigenvalue weighted by Gasteiger charge is -2.36. The molecule has 174 valence electrons. The van der Waals surface area contributed by atoms with Crippen LogP contribution in [0.3, 0.4) is 0 Å². The molecule has 1 unspecified atom stereocenters. The summed E-state index contributed by atoms with van der Waals surface area (Å²) in [6.07, 6.45) is -0.0325. The largest absolute Gasteiger partial charge is 0.543 e. The fourth-order valence-electron chi connectivity index (χ4n) is 3.48. The van der Waals surface area contributed by atoms with Gasteiger partial charge >= 0.3 is 6.09 Å². The highest BCUT2D eigenvalue weighted by atomic mass is 28.4. The number of hydrogen-bond acceptors (Lipinski definition) is 4. The van der Waals surface area contributed by atoms with E-state index < -0.39 is 26.1 Å². The number of anilines is 1.